The number of carbonyl (C=O) groups is 2. The van der Waals surface area contributed by atoms with Gasteiger partial charge in [0.25, 0.3) is 0 Å². The second-order valence-corrected chi connectivity index (χ2v) is 14.8. The zero-order valence-electron chi connectivity index (χ0n) is 23.2. The van der Waals surface area contributed by atoms with E-state index >= 15 is 0 Å². The van der Waals surface area contributed by atoms with E-state index in [0.717, 1.165) is 28.3 Å². The Morgan fingerprint density at radius 3 is 2.08 bits per heavy atom. The summed E-state index contributed by atoms with van der Waals surface area (Å²) in [6.07, 6.45) is 8.80. The Kier molecular flexibility index (Phi) is 8.16. The number of carbonyl (C=O) groups excluding carboxylic acids is 2. The molecule has 0 spiro atoms. The van der Waals surface area contributed by atoms with E-state index in [1.54, 1.807) is 25.1 Å². The van der Waals surface area contributed by atoms with Crippen LogP contribution in [0, 0.1) is 17.8 Å². The first-order valence-corrected chi connectivity index (χ1v) is 16.5. The van der Waals surface area contributed by atoms with Crippen LogP contribution >= 0.6 is 23.2 Å². The van der Waals surface area contributed by atoms with Crippen LogP contribution in [0.25, 0.3) is 0 Å². The van der Waals surface area contributed by atoms with Gasteiger partial charge in [-0.25, -0.2) is 8.42 Å². The van der Waals surface area contributed by atoms with Gasteiger partial charge in [0.1, 0.15) is 12.6 Å². The molecule has 40 heavy (non-hydrogen) atoms. The molecule has 1 atom stereocenters. The van der Waals surface area contributed by atoms with Crippen molar-refractivity contribution in [2.45, 2.75) is 63.5 Å². The maximum absolute atomic E-state index is 13.7. The fourth-order valence-electron chi connectivity index (χ4n) is 7.68. The van der Waals surface area contributed by atoms with Crippen molar-refractivity contribution in [1.29, 1.82) is 0 Å². The number of sulfonamides is 1. The summed E-state index contributed by atoms with van der Waals surface area (Å²) in [6.45, 7) is 1.18. The van der Waals surface area contributed by atoms with E-state index in [0.29, 0.717) is 21.3 Å². The molecule has 4 saturated carbocycles. The highest BCUT2D eigenvalue weighted by atomic mass is 35.5. The van der Waals surface area contributed by atoms with Crippen molar-refractivity contribution >= 4 is 50.7 Å². The number of nitrogens with one attached hydrogen (secondary N) is 1. The van der Waals surface area contributed by atoms with Crippen molar-refractivity contribution in [3.63, 3.8) is 0 Å². The summed E-state index contributed by atoms with van der Waals surface area (Å²) in [5.41, 5.74) is 2.50. The smallest absolute Gasteiger partial charge is 0.244 e. The minimum atomic E-state index is -3.80. The van der Waals surface area contributed by atoms with Crippen molar-refractivity contribution in [1.82, 2.24) is 10.2 Å². The van der Waals surface area contributed by atoms with Gasteiger partial charge in [-0.1, -0.05) is 41.4 Å². The summed E-state index contributed by atoms with van der Waals surface area (Å²) < 4.78 is 27.0. The highest BCUT2D eigenvalue weighted by molar-refractivity contribution is 7.92. The molecule has 4 fully saturated rings. The molecule has 2 aromatic carbocycles. The summed E-state index contributed by atoms with van der Waals surface area (Å²) in [4.78, 5) is 27.6. The number of hydrogen-bond acceptors (Lipinski definition) is 4. The van der Waals surface area contributed by atoms with Crippen molar-refractivity contribution in [3.05, 3.63) is 63.6 Å². The van der Waals surface area contributed by atoms with Gasteiger partial charge in [-0.15, -0.1) is 0 Å². The Bertz CT molecular complexity index is 1360. The lowest BCUT2D eigenvalue weighted by atomic mass is 9.48. The van der Waals surface area contributed by atoms with E-state index in [-0.39, 0.29) is 17.9 Å². The average Bonchev–Trinajstić information content (AvgIpc) is 2.89. The summed E-state index contributed by atoms with van der Waals surface area (Å²) >= 11 is 12.4. The van der Waals surface area contributed by atoms with Gasteiger partial charge < -0.3 is 10.2 Å². The number of anilines is 1. The summed E-state index contributed by atoms with van der Waals surface area (Å²) in [5.74, 6) is 1.53. The third-order valence-electron chi connectivity index (χ3n) is 9.25. The van der Waals surface area contributed by atoms with Crippen LogP contribution in [0.15, 0.2) is 42.5 Å². The van der Waals surface area contributed by atoms with Crippen LogP contribution in [0.4, 0.5) is 5.69 Å². The number of rotatable bonds is 9. The molecule has 4 aliphatic carbocycles. The molecule has 2 aromatic rings. The van der Waals surface area contributed by atoms with E-state index in [9.17, 15) is 18.0 Å². The van der Waals surface area contributed by atoms with Crippen molar-refractivity contribution in [3.8, 4) is 0 Å². The quantitative estimate of drug-likeness (QED) is 0.415. The van der Waals surface area contributed by atoms with Crippen molar-refractivity contribution < 1.29 is 18.0 Å². The number of halogens is 2. The van der Waals surface area contributed by atoms with Gasteiger partial charge in [0.2, 0.25) is 21.8 Å². The normalized spacial score (nSPS) is 25.9. The fourth-order valence-corrected chi connectivity index (χ4v) is 9.00. The van der Waals surface area contributed by atoms with E-state index in [4.69, 9.17) is 23.2 Å². The first-order chi connectivity index (χ1) is 18.9. The summed E-state index contributed by atoms with van der Waals surface area (Å²) in [7, 11) is -2.31. The van der Waals surface area contributed by atoms with Crippen LogP contribution in [-0.4, -0.2) is 51.0 Å². The summed E-state index contributed by atoms with van der Waals surface area (Å²) in [5, 5.41) is 3.37. The zero-order valence-corrected chi connectivity index (χ0v) is 25.5. The van der Waals surface area contributed by atoms with Crippen LogP contribution in [-0.2, 0) is 31.6 Å². The molecule has 4 aliphatic rings. The van der Waals surface area contributed by atoms with Crippen molar-refractivity contribution in [2.75, 3.05) is 24.2 Å². The monoisotopic (exact) mass is 605 g/mol. The Morgan fingerprint density at radius 1 is 1.00 bits per heavy atom. The maximum Gasteiger partial charge on any atom is 0.244 e. The highest BCUT2D eigenvalue weighted by Gasteiger charge is 2.51. The number of likely N-dealkylation sites (N-methyl/N-ethyl adjacent to an activating group) is 1. The van der Waals surface area contributed by atoms with Gasteiger partial charge in [-0.05, 0) is 104 Å². The standard InChI is InChI=1S/C30H37Cl2N3O4S/c1-19(29(37)33-2)34(17-23-4-7-25(31)13-27(23)32)28(36)18-35(40(3,38)39)26-8-5-24(6-9-26)30-14-20-10-21(15-30)12-22(11-20)16-30/h4-9,13,19-22H,10-12,14-18H2,1-3H3,(H,33,37)/t19-,20?,21?,22?,30?/m1/s1. The van der Waals surface area contributed by atoms with Crippen LogP contribution in [0.3, 0.4) is 0 Å². The predicted molar refractivity (Wildman–Crippen MR) is 159 cm³/mol. The molecule has 0 saturated heterocycles. The second kappa shape index (κ2) is 11.2. The van der Waals surface area contributed by atoms with Crippen LogP contribution < -0.4 is 9.62 Å². The molecular formula is C30H37Cl2N3O4S. The lowest BCUT2D eigenvalue weighted by Gasteiger charge is -2.57. The average molecular weight is 607 g/mol. The van der Waals surface area contributed by atoms with Gasteiger partial charge >= 0.3 is 0 Å². The molecule has 0 aliphatic heterocycles. The van der Waals surface area contributed by atoms with Gasteiger partial charge in [0.15, 0.2) is 0 Å². The van der Waals surface area contributed by atoms with E-state index < -0.39 is 28.5 Å². The number of nitrogens with zero attached hydrogens (tertiary/aromatic N) is 2. The molecule has 0 heterocycles. The first kappa shape index (κ1) is 29.2. The zero-order chi connectivity index (χ0) is 28.8. The SMILES string of the molecule is CNC(=O)[C@@H](C)N(Cc1ccc(Cl)cc1Cl)C(=O)CN(c1ccc(C23CC4CC(CC(C4)C2)C3)cc1)S(C)(=O)=O. The molecule has 0 aromatic heterocycles. The fraction of sp³-hybridized carbons (Fsp3) is 0.533. The molecule has 6 rings (SSSR count). The Balaban J connectivity index is 1.40. The van der Waals surface area contributed by atoms with E-state index in [1.165, 1.54) is 56.0 Å². The van der Waals surface area contributed by atoms with Gasteiger partial charge in [0.05, 0.1) is 11.9 Å². The first-order valence-electron chi connectivity index (χ1n) is 13.9. The lowest BCUT2D eigenvalue weighted by molar-refractivity contribution is -0.139. The van der Waals surface area contributed by atoms with Crippen molar-refractivity contribution in [2.24, 2.45) is 17.8 Å². The molecular weight excluding hydrogens is 569 g/mol. The third kappa shape index (κ3) is 5.86. The van der Waals surface area contributed by atoms with Crippen LogP contribution in [0.1, 0.15) is 56.6 Å². The number of amides is 2. The molecule has 4 bridgehead atoms. The van der Waals surface area contributed by atoms with Gasteiger partial charge in [-0.3, -0.25) is 13.9 Å². The molecule has 1 N–H and O–H groups in total. The molecule has 10 heteroatoms. The minimum absolute atomic E-state index is 0.0198. The minimum Gasteiger partial charge on any atom is -0.357 e. The second-order valence-electron chi connectivity index (χ2n) is 12.1. The predicted octanol–water partition coefficient (Wildman–Crippen LogP) is 5.39. The van der Waals surface area contributed by atoms with E-state index in [2.05, 4.69) is 17.4 Å². The van der Waals surface area contributed by atoms with Gasteiger partial charge in [0, 0.05) is 23.6 Å². The topological polar surface area (TPSA) is 86.8 Å². The Labute approximate surface area is 247 Å². The molecule has 216 valence electrons. The third-order valence-corrected chi connectivity index (χ3v) is 11.0. The Morgan fingerprint density at radius 2 is 1.57 bits per heavy atom. The molecule has 2 amide bonds. The largest absolute Gasteiger partial charge is 0.357 e. The Hall–Kier alpha value is -2.29. The van der Waals surface area contributed by atoms with Crippen LogP contribution in [0.2, 0.25) is 10.0 Å². The van der Waals surface area contributed by atoms with E-state index in [1.807, 2.05) is 12.1 Å². The van der Waals surface area contributed by atoms with Gasteiger partial charge in [-0.2, -0.15) is 0 Å². The van der Waals surface area contributed by atoms with Crippen LogP contribution in [0.5, 0.6) is 0 Å². The molecule has 7 nitrogen and oxygen atoms in total. The summed E-state index contributed by atoms with van der Waals surface area (Å²) in [6, 6.07) is 11.8. The maximum atomic E-state index is 13.7. The number of benzene rings is 2. The number of hydrogen-bond donors (Lipinski definition) is 1. The lowest BCUT2D eigenvalue weighted by Crippen LogP contribution is -2.50. The molecule has 0 radical (unpaired) electrons. The highest BCUT2D eigenvalue weighted by Crippen LogP contribution is 2.60. The molecule has 0 unspecified atom stereocenters.